The van der Waals surface area contributed by atoms with Crippen molar-refractivity contribution in [2.75, 3.05) is 26.8 Å². The van der Waals surface area contributed by atoms with Crippen LogP contribution in [0.4, 0.5) is 0 Å². The van der Waals surface area contributed by atoms with E-state index < -0.39 is 0 Å². The number of rotatable bonds is 6. The Hall–Kier alpha value is -0.120. The highest BCUT2D eigenvalue weighted by molar-refractivity contribution is 4.86. The first kappa shape index (κ1) is 13.9. The van der Waals surface area contributed by atoms with E-state index in [2.05, 4.69) is 37.9 Å². The summed E-state index contributed by atoms with van der Waals surface area (Å²) < 4.78 is 5.27. The van der Waals surface area contributed by atoms with Crippen molar-refractivity contribution in [3.63, 3.8) is 0 Å². The zero-order valence-corrected chi connectivity index (χ0v) is 11.5. The van der Waals surface area contributed by atoms with E-state index in [-0.39, 0.29) is 0 Å². The van der Waals surface area contributed by atoms with Gasteiger partial charge in [0.15, 0.2) is 0 Å². The fourth-order valence-corrected chi connectivity index (χ4v) is 2.31. The number of likely N-dealkylation sites (tertiary alicyclic amines) is 1. The van der Waals surface area contributed by atoms with E-state index in [0.717, 1.165) is 6.61 Å². The highest BCUT2D eigenvalue weighted by Crippen LogP contribution is 2.14. The minimum Gasteiger partial charge on any atom is -0.383 e. The van der Waals surface area contributed by atoms with E-state index in [9.17, 15) is 0 Å². The SMILES string of the molecule is COCC(NC1CCN(C(C)C)C1)C(C)C. The molecule has 16 heavy (non-hydrogen) atoms. The molecule has 0 radical (unpaired) electrons. The summed E-state index contributed by atoms with van der Waals surface area (Å²) >= 11 is 0. The van der Waals surface area contributed by atoms with Crippen molar-refractivity contribution in [1.29, 1.82) is 0 Å². The molecule has 0 aromatic rings. The Morgan fingerprint density at radius 2 is 2.00 bits per heavy atom. The van der Waals surface area contributed by atoms with Gasteiger partial charge < -0.3 is 10.1 Å². The van der Waals surface area contributed by atoms with Gasteiger partial charge in [-0.15, -0.1) is 0 Å². The lowest BCUT2D eigenvalue weighted by Gasteiger charge is -2.26. The Bertz CT molecular complexity index is 194. The van der Waals surface area contributed by atoms with Gasteiger partial charge in [0.05, 0.1) is 6.61 Å². The van der Waals surface area contributed by atoms with Crippen LogP contribution < -0.4 is 5.32 Å². The predicted octanol–water partition coefficient (Wildman–Crippen LogP) is 1.73. The van der Waals surface area contributed by atoms with Gasteiger partial charge in [-0.2, -0.15) is 0 Å². The fraction of sp³-hybridized carbons (Fsp3) is 1.00. The first-order valence-corrected chi connectivity index (χ1v) is 6.53. The lowest BCUT2D eigenvalue weighted by atomic mass is 10.0. The summed E-state index contributed by atoms with van der Waals surface area (Å²) in [6, 6.07) is 1.80. The van der Waals surface area contributed by atoms with Crippen molar-refractivity contribution < 1.29 is 4.74 Å². The predicted molar refractivity (Wildman–Crippen MR) is 68.8 cm³/mol. The Kier molecular flexibility index (Phi) is 5.73. The molecule has 3 nitrogen and oxygen atoms in total. The molecule has 0 bridgehead atoms. The van der Waals surface area contributed by atoms with E-state index >= 15 is 0 Å². The minimum atomic E-state index is 0.488. The Balaban J connectivity index is 2.36. The molecular weight excluding hydrogens is 200 g/mol. The lowest BCUT2D eigenvalue weighted by molar-refractivity contribution is 0.139. The molecule has 1 fully saturated rings. The van der Waals surface area contributed by atoms with Crippen LogP contribution in [-0.4, -0.2) is 49.8 Å². The Morgan fingerprint density at radius 1 is 1.31 bits per heavy atom. The van der Waals surface area contributed by atoms with Crippen molar-refractivity contribution >= 4 is 0 Å². The highest BCUT2D eigenvalue weighted by atomic mass is 16.5. The minimum absolute atomic E-state index is 0.488. The molecule has 3 heteroatoms. The summed E-state index contributed by atoms with van der Waals surface area (Å²) in [5.41, 5.74) is 0. The van der Waals surface area contributed by atoms with E-state index in [1.807, 2.05) is 0 Å². The lowest BCUT2D eigenvalue weighted by Crippen LogP contribution is -2.45. The van der Waals surface area contributed by atoms with Crippen molar-refractivity contribution in [2.24, 2.45) is 5.92 Å². The maximum absolute atomic E-state index is 5.27. The number of hydrogen-bond acceptors (Lipinski definition) is 3. The zero-order valence-electron chi connectivity index (χ0n) is 11.5. The van der Waals surface area contributed by atoms with Gasteiger partial charge in [0, 0.05) is 31.8 Å². The molecule has 2 atom stereocenters. The third-order valence-electron chi connectivity index (χ3n) is 3.55. The van der Waals surface area contributed by atoms with Gasteiger partial charge in [0.2, 0.25) is 0 Å². The molecule has 2 unspecified atom stereocenters. The van der Waals surface area contributed by atoms with E-state index in [4.69, 9.17) is 4.74 Å². The average molecular weight is 228 g/mol. The van der Waals surface area contributed by atoms with E-state index in [1.54, 1.807) is 7.11 Å². The number of nitrogens with zero attached hydrogens (tertiary/aromatic N) is 1. The Morgan fingerprint density at radius 3 is 2.44 bits per heavy atom. The molecule has 0 saturated carbocycles. The molecule has 1 aliphatic heterocycles. The summed E-state index contributed by atoms with van der Waals surface area (Å²) in [6.07, 6.45) is 1.27. The van der Waals surface area contributed by atoms with Crippen LogP contribution in [0, 0.1) is 5.92 Å². The van der Waals surface area contributed by atoms with Gasteiger partial charge in [-0.25, -0.2) is 0 Å². The smallest absolute Gasteiger partial charge is 0.0618 e. The van der Waals surface area contributed by atoms with Crippen LogP contribution >= 0.6 is 0 Å². The van der Waals surface area contributed by atoms with Crippen LogP contribution in [0.3, 0.4) is 0 Å². The molecular formula is C13H28N2O. The second kappa shape index (κ2) is 6.58. The summed E-state index contributed by atoms with van der Waals surface area (Å²) in [5.74, 6) is 0.632. The monoisotopic (exact) mass is 228 g/mol. The van der Waals surface area contributed by atoms with Crippen LogP contribution in [0.5, 0.6) is 0 Å². The molecule has 1 rings (SSSR count). The highest BCUT2D eigenvalue weighted by Gasteiger charge is 2.26. The van der Waals surface area contributed by atoms with Crippen molar-refractivity contribution in [2.45, 2.75) is 52.2 Å². The number of nitrogens with one attached hydrogen (secondary N) is 1. The third-order valence-corrected chi connectivity index (χ3v) is 3.55. The average Bonchev–Trinajstić information content (AvgIpc) is 2.65. The summed E-state index contributed by atoms with van der Waals surface area (Å²) in [6.45, 7) is 12.3. The maximum atomic E-state index is 5.27. The normalized spacial score (nSPS) is 24.6. The van der Waals surface area contributed by atoms with Crippen molar-refractivity contribution in [1.82, 2.24) is 10.2 Å². The van der Waals surface area contributed by atoms with Crippen LogP contribution in [0.15, 0.2) is 0 Å². The quantitative estimate of drug-likeness (QED) is 0.749. The fourth-order valence-electron chi connectivity index (χ4n) is 2.31. The van der Waals surface area contributed by atoms with Gasteiger partial charge in [0.25, 0.3) is 0 Å². The molecule has 1 heterocycles. The largest absolute Gasteiger partial charge is 0.383 e. The summed E-state index contributed by atoms with van der Waals surface area (Å²) in [7, 11) is 1.78. The molecule has 0 spiro atoms. The molecule has 0 aromatic heterocycles. The second-order valence-electron chi connectivity index (χ2n) is 5.55. The first-order chi connectivity index (χ1) is 7.54. The van der Waals surface area contributed by atoms with Crippen LogP contribution in [0.1, 0.15) is 34.1 Å². The molecule has 0 aromatic carbocycles. The third kappa shape index (κ3) is 4.04. The first-order valence-electron chi connectivity index (χ1n) is 6.53. The zero-order chi connectivity index (χ0) is 12.1. The van der Waals surface area contributed by atoms with Gasteiger partial charge in [-0.1, -0.05) is 13.8 Å². The number of ether oxygens (including phenoxy) is 1. The van der Waals surface area contributed by atoms with Crippen LogP contribution in [0.25, 0.3) is 0 Å². The summed E-state index contributed by atoms with van der Waals surface area (Å²) in [4.78, 5) is 2.54. The molecule has 0 aliphatic carbocycles. The number of hydrogen-bond donors (Lipinski definition) is 1. The Labute approximate surface area is 101 Å². The second-order valence-corrected chi connectivity index (χ2v) is 5.55. The van der Waals surface area contributed by atoms with E-state index in [1.165, 1.54) is 19.5 Å². The van der Waals surface area contributed by atoms with Crippen molar-refractivity contribution in [3.8, 4) is 0 Å². The van der Waals surface area contributed by atoms with Crippen LogP contribution in [-0.2, 0) is 4.74 Å². The summed E-state index contributed by atoms with van der Waals surface area (Å²) in [5, 5.41) is 3.73. The maximum Gasteiger partial charge on any atom is 0.0618 e. The molecule has 0 amide bonds. The van der Waals surface area contributed by atoms with Gasteiger partial charge in [-0.05, 0) is 32.7 Å². The van der Waals surface area contributed by atoms with Crippen LogP contribution in [0.2, 0.25) is 0 Å². The van der Waals surface area contributed by atoms with Crippen molar-refractivity contribution in [3.05, 3.63) is 0 Å². The number of methoxy groups -OCH3 is 1. The van der Waals surface area contributed by atoms with Gasteiger partial charge >= 0.3 is 0 Å². The standard InChI is InChI=1S/C13H28N2O/c1-10(2)13(9-16-5)14-12-6-7-15(8-12)11(3)4/h10-14H,6-9H2,1-5H3. The molecule has 1 saturated heterocycles. The van der Waals surface area contributed by atoms with E-state index in [0.29, 0.717) is 24.0 Å². The van der Waals surface area contributed by atoms with Gasteiger partial charge in [0.1, 0.15) is 0 Å². The molecule has 1 N–H and O–H groups in total. The molecule has 1 aliphatic rings. The molecule has 96 valence electrons. The topological polar surface area (TPSA) is 24.5 Å². The van der Waals surface area contributed by atoms with Gasteiger partial charge in [-0.3, -0.25) is 4.90 Å².